The van der Waals surface area contributed by atoms with Crippen molar-refractivity contribution >= 4 is 17.9 Å². The first-order chi connectivity index (χ1) is 8.90. The van der Waals surface area contributed by atoms with Gasteiger partial charge >= 0.3 is 12.0 Å². The van der Waals surface area contributed by atoms with Crippen LogP contribution in [-0.4, -0.2) is 69.7 Å². The zero-order chi connectivity index (χ0) is 14.2. The normalized spacial score (nSPS) is 30.7. The highest BCUT2D eigenvalue weighted by Crippen LogP contribution is 2.23. The molecule has 8 nitrogen and oxygen atoms in total. The molecule has 2 aliphatic rings. The quantitative estimate of drug-likeness (QED) is 0.560. The predicted octanol–water partition coefficient (Wildman–Crippen LogP) is -1.57. The van der Waals surface area contributed by atoms with E-state index in [0.29, 0.717) is 13.0 Å². The number of aliphatic carboxylic acids is 1. The van der Waals surface area contributed by atoms with Crippen molar-refractivity contribution in [1.29, 1.82) is 0 Å². The van der Waals surface area contributed by atoms with Crippen LogP contribution in [0.2, 0.25) is 0 Å². The van der Waals surface area contributed by atoms with Crippen LogP contribution < -0.4 is 5.73 Å². The Morgan fingerprint density at radius 1 is 1.21 bits per heavy atom. The standard InChI is InChI=1S/C11H17N3O5/c12-9(16)6-1-2-13(4-6)11(19)14-5-7(15)3-8(14)10(17)18/h6-8,15H,1-5H2,(H2,12,16)(H,17,18)/t6?,7?,8-/m0/s1. The first kappa shape index (κ1) is 13.6. The van der Waals surface area contributed by atoms with Gasteiger partial charge in [-0.1, -0.05) is 0 Å². The Bertz CT molecular complexity index is 413. The molecule has 2 heterocycles. The van der Waals surface area contributed by atoms with Crippen LogP contribution in [0.3, 0.4) is 0 Å². The molecule has 2 fully saturated rings. The first-order valence-electron chi connectivity index (χ1n) is 6.16. The van der Waals surface area contributed by atoms with E-state index >= 15 is 0 Å². The molecule has 2 rings (SSSR count). The molecule has 19 heavy (non-hydrogen) atoms. The molecule has 4 N–H and O–H groups in total. The average molecular weight is 271 g/mol. The van der Waals surface area contributed by atoms with Crippen LogP contribution in [-0.2, 0) is 9.59 Å². The van der Waals surface area contributed by atoms with Gasteiger partial charge in [0.1, 0.15) is 6.04 Å². The fourth-order valence-electron chi connectivity index (χ4n) is 2.61. The van der Waals surface area contributed by atoms with E-state index in [9.17, 15) is 19.5 Å². The Balaban J connectivity index is 2.03. The molecule has 0 saturated carbocycles. The Labute approximate surface area is 109 Å². The molecule has 0 aromatic rings. The van der Waals surface area contributed by atoms with Gasteiger partial charge in [0.05, 0.1) is 12.0 Å². The molecule has 8 heteroatoms. The number of carboxylic acids is 1. The van der Waals surface area contributed by atoms with Gasteiger partial charge in [-0.25, -0.2) is 9.59 Å². The number of nitrogens with zero attached hydrogens (tertiary/aromatic N) is 2. The van der Waals surface area contributed by atoms with Gasteiger partial charge in [0.2, 0.25) is 5.91 Å². The molecular formula is C11H17N3O5. The van der Waals surface area contributed by atoms with Crippen molar-refractivity contribution < 1.29 is 24.6 Å². The number of aliphatic hydroxyl groups is 1. The van der Waals surface area contributed by atoms with E-state index in [1.54, 1.807) is 0 Å². The second kappa shape index (κ2) is 5.04. The van der Waals surface area contributed by atoms with Crippen LogP contribution >= 0.6 is 0 Å². The largest absolute Gasteiger partial charge is 0.480 e. The van der Waals surface area contributed by atoms with E-state index in [1.807, 2.05) is 0 Å². The molecule has 3 amide bonds. The number of carbonyl (C=O) groups excluding carboxylic acids is 2. The van der Waals surface area contributed by atoms with Gasteiger partial charge in [0, 0.05) is 26.1 Å². The summed E-state index contributed by atoms with van der Waals surface area (Å²) in [5.74, 6) is -1.96. The lowest BCUT2D eigenvalue weighted by atomic mass is 10.1. The number of hydrogen-bond donors (Lipinski definition) is 3. The van der Waals surface area contributed by atoms with E-state index in [4.69, 9.17) is 10.8 Å². The fourth-order valence-corrected chi connectivity index (χ4v) is 2.61. The average Bonchev–Trinajstić information content (AvgIpc) is 2.94. The Morgan fingerprint density at radius 2 is 1.89 bits per heavy atom. The van der Waals surface area contributed by atoms with Crippen LogP contribution in [0.25, 0.3) is 0 Å². The number of aliphatic hydroxyl groups excluding tert-OH is 1. The number of likely N-dealkylation sites (tertiary alicyclic amines) is 2. The Morgan fingerprint density at radius 3 is 2.42 bits per heavy atom. The third-order valence-corrected chi connectivity index (χ3v) is 3.67. The van der Waals surface area contributed by atoms with Gasteiger partial charge in [0.25, 0.3) is 0 Å². The van der Waals surface area contributed by atoms with Gasteiger partial charge in [0.15, 0.2) is 0 Å². The minimum atomic E-state index is -1.13. The number of primary amides is 1. The second-order valence-electron chi connectivity index (χ2n) is 5.01. The number of hydrogen-bond acceptors (Lipinski definition) is 4. The molecule has 0 radical (unpaired) electrons. The summed E-state index contributed by atoms with van der Waals surface area (Å²) in [7, 11) is 0. The van der Waals surface area contributed by atoms with E-state index in [1.165, 1.54) is 4.90 Å². The first-order valence-corrected chi connectivity index (χ1v) is 6.16. The van der Waals surface area contributed by atoms with Crippen LogP contribution in [0.4, 0.5) is 4.79 Å². The van der Waals surface area contributed by atoms with Gasteiger partial charge in [-0.05, 0) is 6.42 Å². The van der Waals surface area contributed by atoms with Crippen molar-refractivity contribution in [2.24, 2.45) is 11.7 Å². The monoisotopic (exact) mass is 271 g/mol. The van der Waals surface area contributed by atoms with Crippen LogP contribution in [0.15, 0.2) is 0 Å². The number of carboxylic acid groups (broad SMARTS) is 1. The maximum Gasteiger partial charge on any atom is 0.326 e. The van der Waals surface area contributed by atoms with Crippen LogP contribution in [0, 0.1) is 5.92 Å². The van der Waals surface area contributed by atoms with Gasteiger partial charge in [-0.2, -0.15) is 0 Å². The molecule has 0 aliphatic carbocycles. The highest BCUT2D eigenvalue weighted by Gasteiger charge is 2.42. The predicted molar refractivity (Wildman–Crippen MR) is 63.0 cm³/mol. The summed E-state index contributed by atoms with van der Waals surface area (Å²) in [5, 5.41) is 18.5. The maximum absolute atomic E-state index is 12.2. The molecule has 0 bridgehead atoms. The highest BCUT2D eigenvalue weighted by atomic mass is 16.4. The maximum atomic E-state index is 12.2. The van der Waals surface area contributed by atoms with E-state index in [0.717, 1.165) is 4.90 Å². The van der Waals surface area contributed by atoms with E-state index in [2.05, 4.69) is 0 Å². The van der Waals surface area contributed by atoms with Gasteiger partial charge < -0.3 is 25.7 Å². The minimum absolute atomic E-state index is 0.00748. The summed E-state index contributed by atoms with van der Waals surface area (Å²) >= 11 is 0. The molecule has 0 spiro atoms. The molecule has 0 aromatic heterocycles. The molecule has 2 aliphatic heterocycles. The van der Waals surface area contributed by atoms with Crippen LogP contribution in [0.5, 0.6) is 0 Å². The van der Waals surface area contributed by atoms with Crippen molar-refractivity contribution in [3.05, 3.63) is 0 Å². The topological polar surface area (TPSA) is 124 Å². The molecule has 3 atom stereocenters. The number of amides is 3. The summed E-state index contributed by atoms with van der Waals surface area (Å²) < 4.78 is 0. The van der Waals surface area contributed by atoms with E-state index in [-0.39, 0.29) is 25.4 Å². The Kier molecular flexibility index (Phi) is 3.61. The third kappa shape index (κ3) is 2.62. The number of urea groups is 1. The van der Waals surface area contributed by atoms with Crippen molar-refractivity contribution in [2.45, 2.75) is 25.0 Å². The molecule has 0 aromatic carbocycles. The zero-order valence-electron chi connectivity index (χ0n) is 10.4. The number of β-amino-alcohol motifs (C(OH)–C–C–N with tert-alkyl or cyclic N) is 1. The number of rotatable bonds is 2. The van der Waals surface area contributed by atoms with Crippen molar-refractivity contribution in [3.8, 4) is 0 Å². The summed E-state index contributed by atoms with van der Waals surface area (Å²) in [6.07, 6.45) is -0.289. The molecular weight excluding hydrogens is 254 g/mol. The van der Waals surface area contributed by atoms with Crippen molar-refractivity contribution in [2.75, 3.05) is 19.6 Å². The summed E-state index contributed by atoms with van der Waals surface area (Å²) in [6.45, 7) is 0.603. The lowest BCUT2D eigenvalue weighted by Gasteiger charge is -2.27. The molecule has 106 valence electrons. The van der Waals surface area contributed by atoms with Crippen molar-refractivity contribution in [3.63, 3.8) is 0 Å². The lowest BCUT2D eigenvalue weighted by Crippen LogP contribution is -2.47. The molecule has 2 unspecified atom stereocenters. The van der Waals surface area contributed by atoms with E-state index < -0.39 is 30.1 Å². The van der Waals surface area contributed by atoms with Crippen LogP contribution in [0.1, 0.15) is 12.8 Å². The number of nitrogens with two attached hydrogens (primary N) is 1. The summed E-state index contributed by atoms with van der Waals surface area (Å²) in [4.78, 5) is 36.9. The fraction of sp³-hybridized carbons (Fsp3) is 0.727. The molecule has 2 saturated heterocycles. The van der Waals surface area contributed by atoms with Gasteiger partial charge in [-0.3, -0.25) is 4.79 Å². The summed E-state index contributed by atoms with van der Waals surface area (Å²) in [6, 6.07) is -1.46. The summed E-state index contributed by atoms with van der Waals surface area (Å²) in [5.41, 5.74) is 5.19. The smallest absolute Gasteiger partial charge is 0.326 e. The SMILES string of the molecule is NC(=O)C1CCN(C(=O)N2CC(O)C[C@H]2C(=O)O)C1. The number of carbonyl (C=O) groups is 3. The zero-order valence-corrected chi connectivity index (χ0v) is 10.4. The van der Waals surface area contributed by atoms with Gasteiger partial charge in [-0.15, -0.1) is 0 Å². The Hall–Kier alpha value is -1.83. The third-order valence-electron chi connectivity index (χ3n) is 3.67. The minimum Gasteiger partial charge on any atom is -0.480 e. The van der Waals surface area contributed by atoms with Crippen molar-refractivity contribution in [1.82, 2.24) is 9.80 Å². The highest BCUT2D eigenvalue weighted by molar-refractivity contribution is 5.85. The second-order valence-corrected chi connectivity index (χ2v) is 5.01. The lowest BCUT2D eigenvalue weighted by molar-refractivity contribution is -0.141.